The van der Waals surface area contributed by atoms with Crippen molar-refractivity contribution in [3.63, 3.8) is 0 Å². The molecule has 0 radical (unpaired) electrons. The summed E-state index contributed by atoms with van der Waals surface area (Å²) in [5.41, 5.74) is 6.24. The highest BCUT2D eigenvalue weighted by Crippen LogP contribution is 2.28. The molecule has 1 aromatic rings. The van der Waals surface area contributed by atoms with Crippen LogP contribution in [0.5, 0.6) is 5.75 Å². The van der Waals surface area contributed by atoms with E-state index in [1.165, 1.54) is 0 Å². The molecule has 5 heteroatoms. The van der Waals surface area contributed by atoms with Crippen LogP contribution in [0.15, 0.2) is 24.3 Å². The van der Waals surface area contributed by atoms with Crippen LogP contribution in [0.2, 0.25) is 0 Å². The quantitative estimate of drug-likeness (QED) is 0.846. The molecule has 1 aromatic carbocycles. The zero-order valence-electron chi connectivity index (χ0n) is 10.4. The number of methoxy groups -OCH3 is 1. The molecule has 3 N–H and O–H groups in total. The van der Waals surface area contributed by atoms with Crippen LogP contribution in [-0.4, -0.2) is 32.4 Å². The highest BCUT2D eigenvalue weighted by molar-refractivity contribution is 5.65. The second-order valence-electron chi connectivity index (χ2n) is 4.35. The standard InChI is InChI=1S/C13H18N2O3/c1-17-10-4-2-9(3-5-10)11-6-7-15-8-12(11)18-13(14)16/h2-5,11-12,15H,6-8H2,1H3,(H2,14,16). The molecule has 1 saturated heterocycles. The zero-order chi connectivity index (χ0) is 13.0. The van der Waals surface area contributed by atoms with Gasteiger partial charge in [0, 0.05) is 12.5 Å². The Kier molecular flexibility index (Phi) is 4.04. The third-order valence-electron chi connectivity index (χ3n) is 3.24. The van der Waals surface area contributed by atoms with Crippen LogP contribution in [-0.2, 0) is 4.74 Å². The Bertz CT molecular complexity index is 405. The van der Waals surface area contributed by atoms with Gasteiger partial charge in [0.2, 0.25) is 0 Å². The van der Waals surface area contributed by atoms with Crippen LogP contribution in [0.4, 0.5) is 4.79 Å². The van der Waals surface area contributed by atoms with E-state index in [0.717, 1.165) is 24.3 Å². The van der Waals surface area contributed by atoms with Gasteiger partial charge in [-0.15, -0.1) is 0 Å². The molecule has 18 heavy (non-hydrogen) atoms. The summed E-state index contributed by atoms with van der Waals surface area (Å²) in [4.78, 5) is 10.9. The van der Waals surface area contributed by atoms with Crippen LogP contribution in [0, 0.1) is 0 Å². The van der Waals surface area contributed by atoms with Gasteiger partial charge in [0.05, 0.1) is 7.11 Å². The molecule has 0 aliphatic carbocycles. The molecule has 1 amide bonds. The minimum atomic E-state index is -0.720. The molecule has 1 aliphatic rings. The van der Waals surface area contributed by atoms with Crippen LogP contribution in [0.1, 0.15) is 17.9 Å². The van der Waals surface area contributed by atoms with Crippen LogP contribution < -0.4 is 15.8 Å². The fraction of sp³-hybridized carbons (Fsp3) is 0.462. The number of carbonyl (C=O) groups excluding carboxylic acids is 1. The predicted molar refractivity (Wildman–Crippen MR) is 67.7 cm³/mol. The SMILES string of the molecule is COc1ccc(C2CCNCC2OC(N)=O)cc1. The number of nitrogens with two attached hydrogens (primary N) is 1. The first-order chi connectivity index (χ1) is 8.70. The Morgan fingerprint density at radius 2 is 2.11 bits per heavy atom. The molecule has 1 aliphatic heterocycles. The molecule has 0 aromatic heterocycles. The number of ether oxygens (including phenoxy) is 2. The molecular formula is C13H18N2O3. The van der Waals surface area contributed by atoms with E-state index in [1.54, 1.807) is 7.11 Å². The molecule has 5 nitrogen and oxygen atoms in total. The number of amides is 1. The molecule has 2 rings (SSSR count). The minimum Gasteiger partial charge on any atom is -0.497 e. The molecule has 0 bridgehead atoms. The van der Waals surface area contributed by atoms with Crippen molar-refractivity contribution in [3.8, 4) is 5.75 Å². The van der Waals surface area contributed by atoms with Crippen molar-refractivity contribution < 1.29 is 14.3 Å². The largest absolute Gasteiger partial charge is 0.497 e. The van der Waals surface area contributed by atoms with Crippen LogP contribution >= 0.6 is 0 Å². The summed E-state index contributed by atoms with van der Waals surface area (Å²) in [6, 6.07) is 7.84. The topological polar surface area (TPSA) is 73.6 Å². The number of hydrogen-bond acceptors (Lipinski definition) is 4. The minimum absolute atomic E-state index is 0.185. The summed E-state index contributed by atoms with van der Waals surface area (Å²) in [6.07, 6.45) is -0.00330. The van der Waals surface area contributed by atoms with Gasteiger partial charge in [-0.3, -0.25) is 0 Å². The van der Waals surface area contributed by atoms with Gasteiger partial charge in [-0.25, -0.2) is 4.79 Å². The maximum Gasteiger partial charge on any atom is 0.404 e. The van der Waals surface area contributed by atoms with E-state index in [-0.39, 0.29) is 12.0 Å². The normalized spacial score (nSPS) is 23.4. The number of primary amides is 1. The van der Waals surface area contributed by atoms with Gasteiger partial charge in [-0.2, -0.15) is 0 Å². The molecule has 1 heterocycles. The highest BCUT2D eigenvalue weighted by atomic mass is 16.6. The fourth-order valence-corrected chi connectivity index (χ4v) is 2.34. The van der Waals surface area contributed by atoms with Gasteiger partial charge in [0.1, 0.15) is 11.9 Å². The van der Waals surface area contributed by atoms with Gasteiger partial charge >= 0.3 is 6.09 Å². The smallest absolute Gasteiger partial charge is 0.404 e. The Morgan fingerprint density at radius 1 is 1.39 bits per heavy atom. The van der Waals surface area contributed by atoms with E-state index in [1.807, 2.05) is 24.3 Å². The lowest BCUT2D eigenvalue weighted by atomic mass is 9.88. The molecule has 98 valence electrons. The number of hydrogen-bond donors (Lipinski definition) is 2. The lowest BCUT2D eigenvalue weighted by molar-refractivity contribution is 0.0760. The molecular weight excluding hydrogens is 232 g/mol. The maximum atomic E-state index is 10.9. The van der Waals surface area contributed by atoms with Crippen molar-refractivity contribution in [1.82, 2.24) is 5.32 Å². The first-order valence-corrected chi connectivity index (χ1v) is 6.01. The second-order valence-corrected chi connectivity index (χ2v) is 4.35. The molecule has 2 atom stereocenters. The molecule has 2 unspecified atom stereocenters. The average Bonchev–Trinajstić information content (AvgIpc) is 2.39. The maximum absolute atomic E-state index is 10.9. The van der Waals surface area contributed by atoms with Gasteiger partial charge in [-0.1, -0.05) is 12.1 Å². The summed E-state index contributed by atoms with van der Waals surface area (Å²) in [5, 5.41) is 3.21. The first kappa shape index (κ1) is 12.7. The summed E-state index contributed by atoms with van der Waals surface area (Å²) >= 11 is 0. The number of nitrogens with one attached hydrogen (secondary N) is 1. The zero-order valence-corrected chi connectivity index (χ0v) is 10.4. The summed E-state index contributed by atoms with van der Waals surface area (Å²) in [6.45, 7) is 1.55. The molecule has 1 fully saturated rings. The van der Waals surface area contributed by atoms with Crippen molar-refractivity contribution in [2.75, 3.05) is 20.2 Å². The third-order valence-corrected chi connectivity index (χ3v) is 3.24. The highest BCUT2D eigenvalue weighted by Gasteiger charge is 2.28. The van der Waals surface area contributed by atoms with E-state index in [2.05, 4.69) is 5.32 Å². The fourth-order valence-electron chi connectivity index (χ4n) is 2.34. The third kappa shape index (κ3) is 2.92. The Balaban J connectivity index is 2.13. The number of carbonyl (C=O) groups is 1. The Hall–Kier alpha value is -1.75. The van der Waals surface area contributed by atoms with Gasteiger partial charge in [-0.05, 0) is 30.7 Å². The lowest BCUT2D eigenvalue weighted by Gasteiger charge is -2.31. The van der Waals surface area contributed by atoms with E-state index in [9.17, 15) is 4.79 Å². The summed E-state index contributed by atoms with van der Waals surface area (Å²) in [5.74, 6) is 1.00. The summed E-state index contributed by atoms with van der Waals surface area (Å²) in [7, 11) is 1.64. The Labute approximate surface area is 106 Å². The predicted octanol–water partition coefficient (Wildman–Crippen LogP) is 1.24. The van der Waals surface area contributed by atoms with E-state index >= 15 is 0 Å². The van der Waals surface area contributed by atoms with Crippen molar-refractivity contribution in [2.45, 2.75) is 18.4 Å². The number of benzene rings is 1. The monoisotopic (exact) mass is 250 g/mol. The first-order valence-electron chi connectivity index (χ1n) is 6.01. The van der Waals surface area contributed by atoms with E-state index < -0.39 is 6.09 Å². The van der Waals surface area contributed by atoms with E-state index in [4.69, 9.17) is 15.2 Å². The van der Waals surface area contributed by atoms with Crippen molar-refractivity contribution >= 4 is 6.09 Å². The van der Waals surface area contributed by atoms with Crippen molar-refractivity contribution in [1.29, 1.82) is 0 Å². The van der Waals surface area contributed by atoms with Crippen LogP contribution in [0.25, 0.3) is 0 Å². The van der Waals surface area contributed by atoms with Gasteiger partial charge < -0.3 is 20.5 Å². The van der Waals surface area contributed by atoms with Crippen molar-refractivity contribution in [3.05, 3.63) is 29.8 Å². The van der Waals surface area contributed by atoms with Crippen molar-refractivity contribution in [2.24, 2.45) is 5.73 Å². The van der Waals surface area contributed by atoms with Crippen LogP contribution in [0.3, 0.4) is 0 Å². The number of piperidine rings is 1. The Morgan fingerprint density at radius 3 is 2.72 bits per heavy atom. The van der Waals surface area contributed by atoms with Gasteiger partial charge in [0.15, 0.2) is 0 Å². The summed E-state index contributed by atoms with van der Waals surface area (Å²) < 4.78 is 10.3. The lowest BCUT2D eigenvalue weighted by Crippen LogP contribution is -2.42. The molecule has 0 saturated carbocycles. The van der Waals surface area contributed by atoms with Gasteiger partial charge in [0.25, 0.3) is 0 Å². The average molecular weight is 250 g/mol. The van der Waals surface area contributed by atoms with E-state index in [0.29, 0.717) is 6.54 Å². The number of rotatable bonds is 3. The molecule has 0 spiro atoms. The second kappa shape index (κ2) is 5.73.